The van der Waals surface area contributed by atoms with Gasteiger partial charge in [-0.2, -0.15) is 0 Å². The Hall–Kier alpha value is -0.0800. The summed E-state index contributed by atoms with van der Waals surface area (Å²) in [6.45, 7) is 10.4. The minimum absolute atomic E-state index is 0.344. The first-order valence-electron chi connectivity index (χ1n) is 5.61. The molecule has 0 aromatic rings. The third-order valence-electron chi connectivity index (χ3n) is 2.33. The molecule has 0 radical (unpaired) electrons. The summed E-state index contributed by atoms with van der Waals surface area (Å²) in [5.74, 6) is 0. The van der Waals surface area contributed by atoms with E-state index in [4.69, 9.17) is 4.74 Å². The molecule has 1 N–H and O–H groups in total. The highest BCUT2D eigenvalue weighted by Crippen LogP contribution is 2.07. The standard InChI is InChI=1S/C11H25NO/c1-5-8-9-11(12-6-2)10(4)13-7-3/h10-12H,5-9H2,1-4H3. The van der Waals surface area contributed by atoms with Crippen molar-refractivity contribution in [2.45, 2.75) is 59.1 Å². The van der Waals surface area contributed by atoms with Gasteiger partial charge in [0.2, 0.25) is 0 Å². The molecule has 2 atom stereocenters. The van der Waals surface area contributed by atoms with E-state index in [1.807, 2.05) is 0 Å². The Morgan fingerprint density at radius 2 is 1.92 bits per heavy atom. The summed E-state index contributed by atoms with van der Waals surface area (Å²) in [6, 6.07) is 0.532. The van der Waals surface area contributed by atoms with Crippen LogP contribution in [0.5, 0.6) is 0 Å². The number of unbranched alkanes of at least 4 members (excludes halogenated alkanes) is 1. The Morgan fingerprint density at radius 3 is 2.38 bits per heavy atom. The van der Waals surface area contributed by atoms with E-state index in [1.165, 1.54) is 19.3 Å². The van der Waals surface area contributed by atoms with Crippen LogP contribution in [0.3, 0.4) is 0 Å². The Labute approximate surface area is 83.1 Å². The maximum absolute atomic E-state index is 5.59. The lowest BCUT2D eigenvalue weighted by molar-refractivity contribution is 0.0451. The first-order valence-corrected chi connectivity index (χ1v) is 5.61. The highest BCUT2D eigenvalue weighted by Gasteiger charge is 2.14. The monoisotopic (exact) mass is 187 g/mol. The number of ether oxygens (including phenoxy) is 1. The molecular weight excluding hydrogens is 162 g/mol. The molecule has 0 aromatic carbocycles. The average Bonchev–Trinajstić information content (AvgIpc) is 2.12. The molecule has 0 bridgehead atoms. The summed E-state index contributed by atoms with van der Waals surface area (Å²) in [5, 5.41) is 3.48. The molecule has 0 saturated carbocycles. The van der Waals surface area contributed by atoms with E-state index < -0.39 is 0 Å². The van der Waals surface area contributed by atoms with Gasteiger partial charge in [-0.1, -0.05) is 26.7 Å². The molecule has 80 valence electrons. The van der Waals surface area contributed by atoms with Gasteiger partial charge in [0, 0.05) is 12.6 Å². The molecule has 13 heavy (non-hydrogen) atoms. The maximum atomic E-state index is 5.59. The molecule has 0 aliphatic carbocycles. The van der Waals surface area contributed by atoms with Crippen molar-refractivity contribution in [3.8, 4) is 0 Å². The van der Waals surface area contributed by atoms with Crippen LogP contribution >= 0.6 is 0 Å². The highest BCUT2D eigenvalue weighted by molar-refractivity contribution is 4.72. The van der Waals surface area contributed by atoms with Gasteiger partial charge in [-0.3, -0.25) is 0 Å². The first-order chi connectivity index (χ1) is 6.26. The van der Waals surface area contributed by atoms with Crippen molar-refractivity contribution in [3.05, 3.63) is 0 Å². The normalized spacial score (nSPS) is 15.7. The van der Waals surface area contributed by atoms with Crippen LogP contribution in [0.1, 0.15) is 47.0 Å². The molecule has 2 heteroatoms. The van der Waals surface area contributed by atoms with E-state index in [-0.39, 0.29) is 0 Å². The smallest absolute Gasteiger partial charge is 0.0699 e. The molecule has 0 aliphatic heterocycles. The van der Waals surface area contributed by atoms with Crippen molar-refractivity contribution < 1.29 is 4.74 Å². The summed E-state index contributed by atoms with van der Waals surface area (Å²) in [6.07, 6.45) is 4.12. The predicted molar refractivity (Wildman–Crippen MR) is 58.1 cm³/mol. The largest absolute Gasteiger partial charge is 0.377 e. The van der Waals surface area contributed by atoms with Crippen molar-refractivity contribution in [2.24, 2.45) is 0 Å². The summed E-state index contributed by atoms with van der Waals surface area (Å²) >= 11 is 0. The van der Waals surface area contributed by atoms with Crippen LogP contribution in [0.25, 0.3) is 0 Å². The molecule has 0 amide bonds. The lowest BCUT2D eigenvalue weighted by Crippen LogP contribution is -2.39. The van der Waals surface area contributed by atoms with E-state index in [9.17, 15) is 0 Å². The minimum atomic E-state index is 0.344. The maximum Gasteiger partial charge on any atom is 0.0699 e. The van der Waals surface area contributed by atoms with Crippen LogP contribution in [-0.2, 0) is 4.74 Å². The van der Waals surface area contributed by atoms with Crippen LogP contribution in [0.2, 0.25) is 0 Å². The van der Waals surface area contributed by atoms with E-state index in [0.29, 0.717) is 12.1 Å². The molecule has 0 spiro atoms. The van der Waals surface area contributed by atoms with E-state index in [2.05, 4.69) is 33.0 Å². The van der Waals surface area contributed by atoms with Gasteiger partial charge in [-0.15, -0.1) is 0 Å². The van der Waals surface area contributed by atoms with Gasteiger partial charge in [0.05, 0.1) is 6.10 Å². The Kier molecular flexibility index (Phi) is 8.46. The average molecular weight is 187 g/mol. The van der Waals surface area contributed by atoms with Crippen molar-refractivity contribution in [1.29, 1.82) is 0 Å². The van der Waals surface area contributed by atoms with Gasteiger partial charge < -0.3 is 10.1 Å². The van der Waals surface area contributed by atoms with Gasteiger partial charge in [-0.25, -0.2) is 0 Å². The topological polar surface area (TPSA) is 21.3 Å². The zero-order valence-electron chi connectivity index (χ0n) is 9.60. The highest BCUT2D eigenvalue weighted by atomic mass is 16.5. The molecule has 0 aromatic heterocycles. The molecule has 0 saturated heterocycles. The van der Waals surface area contributed by atoms with Crippen LogP contribution < -0.4 is 5.32 Å². The molecule has 0 heterocycles. The molecule has 2 unspecified atom stereocenters. The second-order valence-corrected chi connectivity index (χ2v) is 3.47. The van der Waals surface area contributed by atoms with Crippen molar-refractivity contribution in [1.82, 2.24) is 5.32 Å². The van der Waals surface area contributed by atoms with Gasteiger partial charge in [-0.05, 0) is 26.8 Å². The number of hydrogen-bond acceptors (Lipinski definition) is 2. The van der Waals surface area contributed by atoms with E-state index in [1.54, 1.807) is 0 Å². The number of hydrogen-bond donors (Lipinski definition) is 1. The molecule has 0 rings (SSSR count). The van der Waals surface area contributed by atoms with Crippen molar-refractivity contribution >= 4 is 0 Å². The molecule has 2 nitrogen and oxygen atoms in total. The molecule has 0 aliphatic rings. The minimum Gasteiger partial charge on any atom is -0.377 e. The first kappa shape index (κ1) is 12.9. The van der Waals surface area contributed by atoms with Crippen LogP contribution in [-0.4, -0.2) is 25.3 Å². The Morgan fingerprint density at radius 1 is 1.23 bits per heavy atom. The molecular formula is C11H25NO. The fraction of sp³-hybridized carbons (Fsp3) is 1.00. The Balaban J connectivity index is 3.75. The Bertz CT molecular complexity index is 106. The second kappa shape index (κ2) is 8.52. The quantitative estimate of drug-likeness (QED) is 0.630. The third kappa shape index (κ3) is 6.05. The van der Waals surface area contributed by atoms with Crippen LogP contribution in [0.4, 0.5) is 0 Å². The molecule has 0 fully saturated rings. The number of rotatable bonds is 8. The van der Waals surface area contributed by atoms with Crippen LogP contribution in [0, 0.1) is 0 Å². The zero-order chi connectivity index (χ0) is 10.1. The van der Waals surface area contributed by atoms with Gasteiger partial charge in [0.1, 0.15) is 0 Å². The van der Waals surface area contributed by atoms with Gasteiger partial charge >= 0.3 is 0 Å². The fourth-order valence-electron chi connectivity index (χ4n) is 1.57. The van der Waals surface area contributed by atoms with Crippen molar-refractivity contribution in [2.75, 3.05) is 13.2 Å². The third-order valence-corrected chi connectivity index (χ3v) is 2.33. The lowest BCUT2D eigenvalue weighted by atomic mass is 10.1. The van der Waals surface area contributed by atoms with Crippen molar-refractivity contribution in [3.63, 3.8) is 0 Å². The number of likely N-dealkylation sites (N-methyl/N-ethyl adjacent to an activating group) is 1. The second-order valence-electron chi connectivity index (χ2n) is 3.47. The number of nitrogens with one attached hydrogen (secondary N) is 1. The fourth-order valence-corrected chi connectivity index (χ4v) is 1.57. The summed E-state index contributed by atoms with van der Waals surface area (Å²) in [4.78, 5) is 0. The lowest BCUT2D eigenvalue weighted by Gasteiger charge is -2.24. The predicted octanol–water partition coefficient (Wildman–Crippen LogP) is 2.58. The summed E-state index contributed by atoms with van der Waals surface area (Å²) in [7, 11) is 0. The zero-order valence-corrected chi connectivity index (χ0v) is 9.60. The van der Waals surface area contributed by atoms with E-state index in [0.717, 1.165) is 13.2 Å². The van der Waals surface area contributed by atoms with E-state index >= 15 is 0 Å². The van der Waals surface area contributed by atoms with Gasteiger partial charge in [0.25, 0.3) is 0 Å². The van der Waals surface area contributed by atoms with Crippen LogP contribution in [0.15, 0.2) is 0 Å². The summed E-state index contributed by atoms with van der Waals surface area (Å²) in [5.41, 5.74) is 0. The van der Waals surface area contributed by atoms with Gasteiger partial charge in [0.15, 0.2) is 0 Å². The summed E-state index contributed by atoms with van der Waals surface area (Å²) < 4.78 is 5.59. The SMILES string of the molecule is CCCCC(NCC)C(C)OCC.